The molecular weight excluding hydrogens is 407 g/mol. The number of carbonyl (C=O) groups is 1. The molecule has 2 amide bonds. The topological polar surface area (TPSA) is 57.2 Å². The fourth-order valence-corrected chi connectivity index (χ4v) is 4.00. The minimum Gasteiger partial charge on any atom is -0.454 e. The van der Waals surface area contributed by atoms with Crippen molar-refractivity contribution in [2.45, 2.75) is 6.42 Å². The number of urea groups is 1. The second-order valence-corrected chi connectivity index (χ2v) is 7.74. The van der Waals surface area contributed by atoms with Gasteiger partial charge in [-0.2, -0.15) is 0 Å². The zero-order valence-corrected chi connectivity index (χ0v) is 17.5. The Morgan fingerprint density at radius 2 is 1.62 bits per heavy atom. The van der Waals surface area contributed by atoms with Crippen molar-refractivity contribution in [3.63, 3.8) is 0 Å². The Hall–Kier alpha value is -3.87. The van der Waals surface area contributed by atoms with E-state index < -0.39 is 5.82 Å². The summed E-state index contributed by atoms with van der Waals surface area (Å²) in [6.45, 7) is 2.45. The van der Waals surface area contributed by atoms with Gasteiger partial charge in [-0.25, -0.2) is 14.2 Å². The van der Waals surface area contributed by atoms with E-state index in [0.29, 0.717) is 19.6 Å². The number of carbonyl (C=O) groups excluding carboxylic acids is 1. The number of anilines is 1. The molecule has 1 saturated heterocycles. The van der Waals surface area contributed by atoms with Crippen molar-refractivity contribution in [3.8, 4) is 11.5 Å². The Kier molecular flexibility index (Phi) is 5.46. The maximum atomic E-state index is 13.9. The predicted molar refractivity (Wildman–Crippen MR) is 122 cm³/mol. The Labute approximate surface area is 185 Å². The highest BCUT2D eigenvalue weighted by Crippen LogP contribution is 2.37. The van der Waals surface area contributed by atoms with Crippen LogP contribution < -0.4 is 10.1 Å². The lowest BCUT2D eigenvalue weighted by atomic mass is 10.1. The number of amides is 2. The van der Waals surface area contributed by atoms with Crippen LogP contribution in [0, 0.1) is 5.82 Å². The van der Waals surface area contributed by atoms with Crippen LogP contribution in [0.25, 0.3) is 0 Å². The zero-order valence-electron chi connectivity index (χ0n) is 17.5. The third-order valence-electron chi connectivity index (χ3n) is 5.64. The molecule has 1 N–H and O–H groups in total. The van der Waals surface area contributed by atoms with E-state index in [0.717, 1.165) is 41.6 Å². The van der Waals surface area contributed by atoms with Crippen LogP contribution in [0.1, 0.15) is 12.0 Å². The summed E-state index contributed by atoms with van der Waals surface area (Å²) in [5.41, 5.74) is 1.89. The molecule has 0 spiro atoms. The number of fused-ring (bicyclic) bond motifs is 2. The number of rotatable bonds is 1. The van der Waals surface area contributed by atoms with E-state index >= 15 is 0 Å². The number of nitrogens with zero attached hydrogens (tertiary/aromatic N) is 3. The molecule has 0 bridgehead atoms. The van der Waals surface area contributed by atoms with Gasteiger partial charge in [0.1, 0.15) is 23.1 Å². The molecule has 3 aromatic carbocycles. The van der Waals surface area contributed by atoms with Gasteiger partial charge in [0, 0.05) is 26.2 Å². The molecule has 162 valence electrons. The minimum atomic E-state index is -0.444. The standard InChI is InChI=1S/C25H23FN4O2/c26-19-9-2-3-10-20(19)28-25(31)30-15-7-14-29(16-17-30)24-18-8-1-5-12-22(18)32-23-13-6-4-11-21(23)27-24/h1-6,8-13H,7,14-17H2,(H,28,31). The van der Waals surface area contributed by atoms with Crippen molar-refractivity contribution in [1.29, 1.82) is 0 Å². The average molecular weight is 430 g/mol. The van der Waals surface area contributed by atoms with Crippen LogP contribution >= 0.6 is 0 Å². The summed E-state index contributed by atoms with van der Waals surface area (Å²) in [7, 11) is 0. The predicted octanol–water partition coefficient (Wildman–Crippen LogP) is 5.25. The summed E-state index contributed by atoms with van der Waals surface area (Å²) in [6, 6.07) is 21.5. The molecule has 3 aromatic rings. The first-order valence-corrected chi connectivity index (χ1v) is 10.7. The molecular formula is C25H23FN4O2. The molecule has 2 heterocycles. The number of nitrogens with one attached hydrogen (secondary N) is 1. The SMILES string of the molecule is O=C(Nc1ccccc1F)N1CCCN(C2=Nc3ccccc3Oc3ccccc32)CC1. The normalized spacial score (nSPS) is 15.5. The monoisotopic (exact) mass is 430 g/mol. The van der Waals surface area contributed by atoms with Crippen molar-refractivity contribution in [2.24, 2.45) is 4.99 Å². The summed E-state index contributed by atoms with van der Waals surface area (Å²) < 4.78 is 20.1. The number of hydrogen-bond donors (Lipinski definition) is 1. The Balaban J connectivity index is 1.37. The van der Waals surface area contributed by atoms with Gasteiger partial charge in [0.05, 0.1) is 11.3 Å². The maximum absolute atomic E-state index is 13.9. The molecule has 7 heteroatoms. The van der Waals surface area contributed by atoms with Crippen LogP contribution in [0.2, 0.25) is 0 Å². The van der Waals surface area contributed by atoms with Gasteiger partial charge in [0.25, 0.3) is 0 Å². The van der Waals surface area contributed by atoms with E-state index in [-0.39, 0.29) is 11.7 Å². The number of halogens is 1. The summed E-state index contributed by atoms with van der Waals surface area (Å²) in [5, 5.41) is 2.68. The maximum Gasteiger partial charge on any atom is 0.321 e. The molecule has 0 unspecified atom stereocenters. The molecule has 0 atom stereocenters. The first-order chi connectivity index (χ1) is 15.7. The van der Waals surface area contributed by atoms with E-state index in [9.17, 15) is 9.18 Å². The second-order valence-electron chi connectivity index (χ2n) is 7.74. The fraction of sp³-hybridized carbons (Fsp3) is 0.200. The lowest BCUT2D eigenvalue weighted by molar-refractivity contribution is 0.214. The number of para-hydroxylation sites is 4. The quantitative estimate of drug-likeness (QED) is 0.574. The van der Waals surface area contributed by atoms with Crippen molar-refractivity contribution < 1.29 is 13.9 Å². The van der Waals surface area contributed by atoms with Crippen molar-refractivity contribution >= 4 is 23.2 Å². The van der Waals surface area contributed by atoms with Gasteiger partial charge in [-0.05, 0) is 42.8 Å². The van der Waals surface area contributed by atoms with Crippen LogP contribution in [0.4, 0.5) is 20.6 Å². The molecule has 2 aliphatic rings. The summed E-state index contributed by atoms with van der Waals surface area (Å²) >= 11 is 0. The van der Waals surface area contributed by atoms with Crippen LogP contribution in [0.15, 0.2) is 77.8 Å². The summed E-state index contributed by atoms with van der Waals surface area (Å²) in [5.74, 6) is 1.87. The molecule has 6 nitrogen and oxygen atoms in total. The molecule has 0 aromatic heterocycles. The summed E-state index contributed by atoms with van der Waals surface area (Å²) in [4.78, 5) is 21.6. The molecule has 0 radical (unpaired) electrons. The lowest BCUT2D eigenvalue weighted by Gasteiger charge is -2.25. The highest BCUT2D eigenvalue weighted by Gasteiger charge is 2.26. The van der Waals surface area contributed by atoms with Crippen molar-refractivity contribution in [1.82, 2.24) is 9.80 Å². The molecule has 0 saturated carbocycles. The third kappa shape index (κ3) is 4.01. The van der Waals surface area contributed by atoms with Gasteiger partial charge in [-0.1, -0.05) is 36.4 Å². The number of aliphatic imine (C=N–C) groups is 1. The Morgan fingerprint density at radius 3 is 2.50 bits per heavy atom. The van der Waals surface area contributed by atoms with E-state index in [1.807, 2.05) is 48.5 Å². The molecule has 2 aliphatic heterocycles. The van der Waals surface area contributed by atoms with Gasteiger partial charge in [-0.3, -0.25) is 0 Å². The largest absolute Gasteiger partial charge is 0.454 e. The van der Waals surface area contributed by atoms with E-state index in [1.54, 1.807) is 23.1 Å². The van der Waals surface area contributed by atoms with Crippen LogP contribution in [-0.2, 0) is 0 Å². The molecule has 32 heavy (non-hydrogen) atoms. The highest BCUT2D eigenvalue weighted by atomic mass is 19.1. The van der Waals surface area contributed by atoms with E-state index in [2.05, 4.69) is 10.2 Å². The average Bonchev–Trinajstić information content (AvgIpc) is 3.15. The second kappa shape index (κ2) is 8.70. The molecule has 1 fully saturated rings. The smallest absolute Gasteiger partial charge is 0.321 e. The third-order valence-corrected chi connectivity index (χ3v) is 5.64. The zero-order chi connectivity index (χ0) is 21.9. The van der Waals surface area contributed by atoms with Gasteiger partial charge >= 0.3 is 6.03 Å². The van der Waals surface area contributed by atoms with Crippen LogP contribution in [0.3, 0.4) is 0 Å². The first-order valence-electron chi connectivity index (χ1n) is 10.7. The van der Waals surface area contributed by atoms with Gasteiger partial charge in [0.15, 0.2) is 5.75 Å². The number of amidine groups is 1. The lowest BCUT2D eigenvalue weighted by Crippen LogP contribution is -2.39. The number of hydrogen-bond acceptors (Lipinski definition) is 4. The van der Waals surface area contributed by atoms with Crippen molar-refractivity contribution in [2.75, 3.05) is 31.5 Å². The number of ether oxygens (including phenoxy) is 1. The first kappa shape index (κ1) is 20.1. The fourth-order valence-electron chi connectivity index (χ4n) is 4.00. The molecule has 5 rings (SSSR count). The van der Waals surface area contributed by atoms with Crippen molar-refractivity contribution in [3.05, 3.63) is 84.2 Å². The van der Waals surface area contributed by atoms with Gasteiger partial charge in [0.2, 0.25) is 0 Å². The molecule has 0 aliphatic carbocycles. The van der Waals surface area contributed by atoms with E-state index in [4.69, 9.17) is 9.73 Å². The Morgan fingerprint density at radius 1 is 0.875 bits per heavy atom. The highest BCUT2D eigenvalue weighted by molar-refractivity contribution is 6.03. The van der Waals surface area contributed by atoms with Crippen LogP contribution in [-0.4, -0.2) is 47.8 Å². The minimum absolute atomic E-state index is 0.189. The van der Waals surface area contributed by atoms with Gasteiger partial charge < -0.3 is 19.9 Å². The Bertz CT molecular complexity index is 1180. The number of benzene rings is 3. The van der Waals surface area contributed by atoms with Crippen LogP contribution in [0.5, 0.6) is 11.5 Å². The summed E-state index contributed by atoms with van der Waals surface area (Å²) in [6.07, 6.45) is 0.772. The van der Waals surface area contributed by atoms with Gasteiger partial charge in [-0.15, -0.1) is 0 Å². The van der Waals surface area contributed by atoms with E-state index in [1.165, 1.54) is 6.07 Å².